The van der Waals surface area contributed by atoms with Crippen molar-refractivity contribution in [2.45, 2.75) is 26.3 Å². The van der Waals surface area contributed by atoms with Gasteiger partial charge in [0.1, 0.15) is 5.76 Å². The topological polar surface area (TPSA) is 53.7 Å². The Morgan fingerprint density at radius 2 is 2.40 bits per heavy atom. The van der Waals surface area contributed by atoms with E-state index < -0.39 is 0 Å². The minimum absolute atomic E-state index is 0.0583. The van der Waals surface area contributed by atoms with Crippen LogP contribution in [0.5, 0.6) is 0 Å². The van der Waals surface area contributed by atoms with E-state index in [1.165, 1.54) is 0 Å². The van der Waals surface area contributed by atoms with Crippen molar-refractivity contribution < 1.29 is 14.3 Å². The van der Waals surface area contributed by atoms with E-state index in [1.54, 1.807) is 17.2 Å². The first kappa shape index (κ1) is 11.8. The largest absolute Gasteiger partial charge is 0.467 e. The van der Waals surface area contributed by atoms with Gasteiger partial charge in [0.05, 0.1) is 12.8 Å². The highest BCUT2D eigenvalue weighted by Crippen LogP contribution is 2.07. The lowest BCUT2D eigenvalue weighted by Gasteiger charge is -2.19. The van der Waals surface area contributed by atoms with Crippen molar-refractivity contribution in [3.63, 3.8) is 0 Å². The van der Waals surface area contributed by atoms with Crippen LogP contribution in [0.4, 0.5) is 0 Å². The molecule has 0 saturated heterocycles. The maximum atomic E-state index is 11.6. The van der Waals surface area contributed by atoms with Crippen molar-refractivity contribution in [3.8, 4) is 0 Å². The Kier molecular flexibility index (Phi) is 4.90. The zero-order valence-electron chi connectivity index (χ0n) is 8.98. The second kappa shape index (κ2) is 6.24. The predicted molar refractivity (Wildman–Crippen MR) is 56.1 cm³/mol. The molecular formula is C11H17NO3. The quantitative estimate of drug-likeness (QED) is 0.773. The van der Waals surface area contributed by atoms with Crippen LogP contribution in [0.15, 0.2) is 22.8 Å². The monoisotopic (exact) mass is 211 g/mol. The lowest BCUT2D eigenvalue weighted by atomic mass is 10.2. The molecule has 0 saturated carbocycles. The highest BCUT2D eigenvalue weighted by molar-refractivity contribution is 5.76. The fourth-order valence-corrected chi connectivity index (χ4v) is 1.36. The van der Waals surface area contributed by atoms with Crippen LogP contribution in [0.25, 0.3) is 0 Å². The van der Waals surface area contributed by atoms with Gasteiger partial charge in [0.15, 0.2) is 0 Å². The van der Waals surface area contributed by atoms with Crippen molar-refractivity contribution in [1.82, 2.24) is 4.90 Å². The first-order chi connectivity index (χ1) is 7.27. The summed E-state index contributed by atoms with van der Waals surface area (Å²) in [5, 5.41) is 8.64. The van der Waals surface area contributed by atoms with E-state index in [0.29, 0.717) is 25.9 Å². The summed E-state index contributed by atoms with van der Waals surface area (Å²) in [6.45, 7) is 3.16. The summed E-state index contributed by atoms with van der Waals surface area (Å²) in [6, 6.07) is 3.66. The molecule has 84 valence electrons. The summed E-state index contributed by atoms with van der Waals surface area (Å²) >= 11 is 0. The fourth-order valence-electron chi connectivity index (χ4n) is 1.36. The Balaban J connectivity index is 2.44. The van der Waals surface area contributed by atoms with Gasteiger partial charge in [0, 0.05) is 19.6 Å². The van der Waals surface area contributed by atoms with E-state index in [-0.39, 0.29) is 12.5 Å². The molecule has 4 nitrogen and oxygen atoms in total. The number of hydrogen-bond donors (Lipinski definition) is 1. The fraction of sp³-hybridized carbons (Fsp3) is 0.545. The highest BCUT2D eigenvalue weighted by Gasteiger charge is 2.12. The standard InChI is InChI=1S/C11H17NO3/c1-2-12(11(14)6-3-7-13)9-10-5-4-8-15-10/h4-5,8,13H,2-3,6-7,9H2,1H3. The third kappa shape index (κ3) is 3.75. The molecule has 0 aromatic carbocycles. The van der Waals surface area contributed by atoms with Gasteiger partial charge >= 0.3 is 0 Å². The van der Waals surface area contributed by atoms with Crippen molar-refractivity contribution in [2.24, 2.45) is 0 Å². The maximum absolute atomic E-state index is 11.6. The molecule has 1 aromatic heterocycles. The molecule has 0 atom stereocenters. The van der Waals surface area contributed by atoms with Crippen LogP contribution in [-0.2, 0) is 11.3 Å². The average Bonchev–Trinajstić information content (AvgIpc) is 2.75. The number of carbonyl (C=O) groups is 1. The smallest absolute Gasteiger partial charge is 0.223 e. The summed E-state index contributed by atoms with van der Waals surface area (Å²) in [7, 11) is 0. The van der Waals surface area contributed by atoms with Gasteiger partial charge in [-0.2, -0.15) is 0 Å². The van der Waals surface area contributed by atoms with Gasteiger partial charge in [-0.25, -0.2) is 0 Å². The van der Waals surface area contributed by atoms with Crippen molar-refractivity contribution >= 4 is 5.91 Å². The molecule has 1 rings (SSSR count). The molecule has 0 aliphatic carbocycles. The van der Waals surface area contributed by atoms with Crippen LogP contribution in [0.1, 0.15) is 25.5 Å². The number of aliphatic hydroxyl groups excluding tert-OH is 1. The lowest BCUT2D eigenvalue weighted by molar-refractivity contribution is -0.132. The second-order valence-corrected chi connectivity index (χ2v) is 3.31. The van der Waals surface area contributed by atoms with Gasteiger partial charge in [-0.05, 0) is 25.5 Å². The van der Waals surface area contributed by atoms with Crippen LogP contribution in [0.3, 0.4) is 0 Å². The van der Waals surface area contributed by atoms with Crippen LogP contribution in [0, 0.1) is 0 Å². The molecule has 0 fully saturated rings. The Labute approximate surface area is 89.5 Å². The predicted octanol–water partition coefficient (Wildman–Crippen LogP) is 1.40. The highest BCUT2D eigenvalue weighted by atomic mass is 16.3. The van der Waals surface area contributed by atoms with Gasteiger partial charge in [0.25, 0.3) is 0 Å². The van der Waals surface area contributed by atoms with Gasteiger partial charge in [-0.15, -0.1) is 0 Å². The zero-order chi connectivity index (χ0) is 11.1. The number of carbonyl (C=O) groups excluding carboxylic acids is 1. The summed E-state index contributed by atoms with van der Waals surface area (Å²) in [4.78, 5) is 13.3. The molecule has 15 heavy (non-hydrogen) atoms. The molecule has 0 aliphatic heterocycles. The van der Waals surface area contributed by atoms with E-state index in [9.17, 15) is 4.79 Å². The summed E-state index contributed by atoms with van der Waals surface area (Å²) in [6.07, 6.45) is 2.51. The minimum Gasteiger partial charge on any atom is -0.467 e. The third-order valence-corrected chi connectivity index (χ3v) is 2.21. The van der Waals surface area contributed by atoms with Crippen molar-refractivity contribution in [1.29, 1.82) is 0 Å². The molecule has 4 heteroatoms. The molecular weight excluding hydrogens is 194 g/mol. The van der Waals surface area contributed by atoms with Gasteiger partial charge in [-0.3, -0.25) is 4.79 Å². The zero-order valence-corrected chi connectivity index (χ0v) is 8.98. The van der Waals surface area contributed by atoms with Gasteiger partial charge in [-0.1, -0.05) is 0 Å². The normalized spacial score (nSPS) is 10.3. The van der Waals surface area contributed by atoms with Crippen LogP contribution < -0.4 is 0 Å². The number of rotatable bonds is 6. The molecule has 0 aliphatic rings. The molecule has 0 bridgehead atoms. The van der Waals surface area contributed by atoms with E-state index in [1.807, 2.05) is 13.0 Å². The summed E-state index contributed by atoms with van der Waals surface area (Å²) in [5.74, 6) is 0.845. The van der Waals surface area contributed by atoms with Crippen LogP contribution >= 0.6 is 0 Å². The molecule has 0 radical (unpaired) electrons. The molecule has 0 unspecified atom stereocenters. The molecule has 1 N–H and O–H groups in total. The number of hydrogen-bond acceptors (Lipinski definition) is 3. The van der Waals surface area contributed by atoms with E-state index in [2.05, 4.69) is 0 Å². The first-order valence-electron chi connectivity index (χ1n) is 5.19. The number of furan rings is 1. The second-order valence-electron chi connectivity index (χ2n) is 3.31. The molecule has 1 aromatic rings. The third-order valence-electron chi connectivity index (χ3n) is 2.21. The minimum atomic E-state index is 0.0583. The van der Waals surface area contributed by atoms with Crippen LogP contribution in [-0.4, -0.2) is 29.1 Å². The molecule has 1 amide bonds. The Morgan fingerprint density at radius 1 is 1.60 bits per heavy atom. The summed E-state index contributed by atoms with van der Waals surface area (Å²) < 4.78 is 5.18. The maximum Gasteiger partial charge on any atom is 0.223 e. The van der Waals surface area contributed by atoms with Crippen LogP contribution in [0.2, 0.25) is 0 Å². The Hall–Kier alpha value is -1.29. The number of nitrogens with zero attached hydrogens (tertiary/aromatic N) is 1. The lowest BCUT2D eigenvalue weighted by Crippen LogP contribution is -2.30. The Bertz CT molecular complexity index is 282. The Morgan fingerprint density at radius 3 is 2.93 bits per heavy atom. The number of amides is 1. The van der Waals surface area contributed by atoms with E-state index in [4.69, 9.17) is 9.52 Å². The first-order valence-corrected chi connectivity index (χ1v) is 5.19. The van der Waals surface area contributed by atoms with Crippen molar-refractivity contribution in [2.75, 3.05) is 13.2 Å². The van der Waals surface area contributed by atoms with E-state index in [0.717, 1.165) is 5.76 Å². The van der Waals surface area contributed by atoms with E-state index >= 15 is 0 Å². The number of aliphatic hydroxyl groups is 1. The van der Waals surface area contributed by atoms with Gasteiger partial charge in [0.2, 0.25) is 5.91 Å². The average molecular weight is 211 g/mol. The van der Waals surface area contributed by atoms with Crippen molar-refractivity contribution in [3.05, 3.63) is 24.2 Å². The molecule has 0 spiro atoms. The van der Waals surface area contributed by atoms with Gasteiger partial charge < -0.3 is 14.4 Å². The SMILES string of the molecule is CCN(Cc1ccco1)C(=O)CCCO. The summed E-state index contributed by atoms with van der Waals surface area (Å²) in [5.41, 5.74) is 0. The molecule has 1 heterocycles.